The average molecular weight is 555 g/mol. The number of benzene rings is 3. The molecule has 1 unspecified atom stereocenters. The van der Waals surface area contributed by atoms with Crippen molar-refractivity contribution in [2.45, 2.75) is 28.6 Å². The fraction of sp³-hybridized carbons (Fsp3) is 0.154. The van der Waals surface area contributed by atoms with Gasteiger partial charge >= 0.3 is 0 Å². The van der Waals surface area contributed by atoms with Gasteiger partial charge in [0.05, 0.1) is 6.42 Å². The first-order valence-corrected chi connectivity index (χ1v) is 14.1. The Morgan fingerprint density at radius 2 is 1.69 bits per heavy atom. The molecule has 0 bridgehead atoms. The number of amides is 2. The second-order valence-corrected chi connectivity index (χ2v) is 11.2. The molecule has 0 aliphatic rings. The molecule has 0 spiro atoms. The number of thioether (sulfide) groups is 2. The van der Waals surface area contributed by atoms with E-state index in [0.29, 0.717) is 21.0 Å². The van der Waals surface area contributed by atoms with E-state index >= 15 is 0 Å². The maximum absolute atomic E-state index is 13.2. The SMILES string of the molecule is CCSc1nsc(NC(=O)C(Sc2ccc(NC(=O)Cc3ccc(Cl)cc3)cc2)c2ccccc2)n1. The summed E-state index contributed by atoms with van der Waals surface area (Å²) in [6.07, 6.45) is 0.258. The smallest absolute Gasteiger partial charge is 0.244 e. The molecule has 0 aliphatic carbocycles. The zero-order valence-electron chi connectivity index (χ0n) is 19.3. The minimum absolute atomic E-state index is 0.114. The molecule has 1 heterocycles. The molecular formula is C26H23ClN4O2S3. The number of aromatic nitrogens is 2. The lowest BCUT2D eigenvalue weighted by Crippen LogP contribution is -2.19. The van der Waals surface area contributed by atoms with Crippen LogP contribution in [-0.4, -0.2) is 26.9 Å². The first kappa shape index (κ1) is 26.2. The largest absolute Gasteiger partial charge is 0.326 e. The normalized spacial score (nSPS) is 11.6. The summed E-state index contributed by atoms with van der Waals surface area (Å²) in [4.78, 5) is 30.9. The molecule has 2 amide bonds. The molecule has 4 rings (SSSR count). The van der Waals surface area contributed by atoms with Crippen molar-refractivity contribution in [2.75, 3.05) is 16.4 Å². The molecular weight excluding hydrogens is 532 g/mol. The zero-order valence-corrected chi connectivity index (χ0v) is 22.5. The Kier molecular flexibility index (Phi) is 9.41. The first-order valence-electron chi connectivity index (χ1n) is 11.1. The van der Waals surface area contributed by atoms with Crippen LogP contribution in [0.15, 0.2) is 88.9 Å². The van der Waals surface area contributed by atoms with Crippen molar-refractivity contribution in [2.24, 2.45) is 0 Å². The van der Waals surface area contributed by atoms with E-state index in [0.717, 1.165) is 21.8 Å². The molecule has 0 radical (unpaired) electrons. The van der Waals surface area contributed by atoms with Crippen LogP contribution in [-0.2, 0) is 16.0 Å². The Bertz CT molecular complexity index is 1300. The Hall–Kier alpha value is -2.85. The topological polar surface area (TPSA) is 84.0 Å². The molecule has 6 nitrogen and oxygen atoms in total. The Morgan fingerprint density at radius 3 is 2.39 bits per heavy atom. The average Bonchev–Trinajstić information content (AvgIpc) is 3.32. The molecule has 1 aromatic heterocycles. The van der Waals surface area contributed by atoms with Gasteiger partial charge in [-0.25, -0.2) is 0 Å². The van der Waals surface area contributed by atoms with Crippen LogP contribution in [0.2, 0.25) is 5.02 Å². The predicted molar refractivity (Wildman–Crippen MR) is 150 cm³/mol. The summed E-state index contributed by atoms with van der Waals surface area (Å²) in [6.45, 7) is 2.03. The minimum atomic E-state index is -0.484. The molecule has 10 heteroatoms. The molecule has 4 aromatic rings. The van der Waals surface area contributed by atoms with Crippen LogP contribution in [0.4, 0.5) is 10.8 Å². The molecule has 0 saturated heterocycles. The summed E-state index contributed by atoms with van der Waals surface area (Å²) in [7, 11) is 0. The van der Waals surface area contributed by atoms with Crippen molar-refractivity contribution in [3.8, 4) is 0 Å². The number of nitrogens with one attached hydrogen (secondary N) is 2. The van der Waals surface area contributed by atoms with Gasteiger partial charge in [0.25, 0.3) is 0 Å². The highest BCUT2D eigenvalue weighted by molar-refractivity contribution is 8.00. The van der Waals surface area contributed by atoms with E-state index in [2.05, 4.69) is 20.0 Å². The predicted octanol–water partition coefficient (Wildman–Crippen LogP) is 6.96. The summed E-state index contributed by atoms with van der Waals surface area (Å²) in [5.74, 6) is 0.581. The van der Waals surface area contributed by atoms with Crippen LogP contribution in [0.5, 0.6) is 0 Å². The van der Waals surface area contributed by atoms with E-state index in [1.165, 1.54) is 35.1 Å². The second-order valence-electron chi connectivity index (χ2n) is 7.59. The summed E-state index contributed by atoms with van der Waals surface area (Å²) >= 11 is 10.0. The third-order valence-electron chi connectivity index (χ3n) is 4.92. The van der Waals surface area contributed by atoms with Crippen molar-refractivity contribution < 1.29 is 9.59 Å². The van der Waals surface area contributed by atoms with Crippen LogP contribution < -0.4 is 10.6 Å². The van der Waals surface area contributed by atoms with E-state index in [1.54, 1.807) is 12.1 Å². The van der Waals surface area contributed by atoms with Gasteiger partial charge in [-0.15, -0.1) is 11.8 Å². The van der Waals surface area contributed by atoms with Crippen LogP contribution in [0.3, 0.4) is 0 Å². The lowest BCUT2D eigenvalue weighted by atomic mass is 10.1. The van der Waals surface area contributed by atoms with E-state index in [1.807, 2.05) is 73.7 Å². The monoisotopic (exact) mass is 554 g/mol. The van der Waals surface area contributed by atoms with E-state index < -0.39 is 5.25 Å². The van der Waals surface area contributed by atoms with Crippen molar-refractivity contribution in [1.82, 2.24) is 9.36 Å². The van der Waals surface area contributed by atoms with Gasteiger partial charge in [0.15, 0.2) is 0 Å². The van der Waals surface area contributed by atoms with Crippen LogP contribution in [0.25, 0.3) is 0 Å². The zero-order chi connectivity index (χ0) is 25.3. The van der Waals surface area contributed by atoms with Gasteiger partial charge in [0, 0.05) is 27.1 Å². The van der Waals surface area contributed by atoms with Crippen LogP contribution >= 0.6 is 46.7 Å². The maximum atomic E-state index is 13.2. The van der Waals surface area contributed by atoms with E-state index in [9.17, 15) is 9.59 Å². The molecule has 3 aromatic carbocycles. The summed E-state index contributed by atoms with van der Waals surface area (Å²) in [5.41, 5.74) is 2.46. The highest BCUT2D eigenvalue weighted by atomic mass is 35.5. The number of nitrogens with zero attached hydrogens (tertiary/aromatic N) is 2. The number of carbonyl (C=O) groups excluding carboxylic acids is 2. The van der Waals surface area contributed by atoms with E-state index in [4.69, 9.17) is 11.6 Å². The third-order valence-corrected chi connectivity index (χ3v) is 7.92. The second kappa shape index (κ2) is 12.9. The molecule has 0 saturated carbocycles. The Morgan fingerprint density at radius 1 is 0.972 bits per heavy atom. The minimum Gasteiger partial charge on any atom is -0.326 e. The number of carbonyl (C=O) groups is 2. The van der Waals surface area contributed by atoms with Gasteiger partial charge in [-0.3, -0.25) is 14.9 Å². The number of hydrogen-bond donors (Lipinski definition) is 2. The molecule has 0 aliphatic heterocycles. The van der Waals surface area contributed by atoms with Crippen molar-refractivity contribution in [3.05, 3.63) is 95.0 Å². The summed E-state index contributed by atoms with van der Waals surface area (Å²) in [5, 5.41) is 7.12. The fourth-order valence-corrected chi connectivity index (χ4v) is 5.69. The lowest BCUT2D eigenvalue weighted by molar-refractivity contribution is -0.116. The molecule has 2 N–H and O–H groups in total. The van der Waals surface area contributed by atoms with Crippen LogP contribution in [0.1, 0.15) is 23.3 Å². The van der Waals surface area contributed by atoms with Gasteiger partial charge in [0.2, 0.25) is 22.1 Å². The first-order chi connectivity index (χ1) is 17.5. The van der Waals surface area contributed by atoms with Gasteiger partial charge in [-0.2, -0.15) is 9.36 Å². The van der Waals surface area contributed by atoms with Crippen LogP contribution in [0, 0.1) is 0 Å². The van der Waals surface area contributed by atoms with Gasteiger partial charge in [-0.1, -0.05) is 72.8 Å². The standard InChI is InChI=1S/C26H23ClN4O2S3/c1-2-34-26-30-25(36-31-26)29-24(33)23(18-6-4-3-5-7-18)35-21-14-12-20(13-15-21)28-22(32)16-17-8-10-19(27)11-9-17/h3-15,23H,2,16H2,1H3,(H,28,32)(H,29,30,31,33). The van der Waals surface area contributed by atoms with Crippen molar-refractivity contribution in [3.63, 3.8) is 0 Å². The number of halogens is 1. The number of hydrogen-bond acceptors (Lipinski definition) is 7. The summed E-state index contributed by atoms with van der Waals surface area (Å²) < 4.78 is 4.27. The quantitative estimate of drug-likeness (QED) is 0.206. The Balaban J connectivity index is 1.42. The molecule has 184 valence electrons. The number of rotatable bonds is 10. The highest BCUT2D eigenvalue weighted by Crippen LogP contribution is 2.37. The van der Waals surface area contributed by atoms with Gasteiger partial charge in [0.1, 0.15) is 5.25 Å². The third kappa shape index (κ3) is 7.57. The maximum Gasteiger partial charge on any atom is 0.244 e. The highest BCUT2D eigenvalue weighted by Gasteiger charge is 2.23. The molecule has 36 heavy (non-hydrogen) atoms. The van der Waals surface area contributed by atoms with Crippen molar-refractivity contribution in [1.29, 1.82) is 0 Å². The molecule has 0 fully saturated rings. The van der Waals surface area contributed by atoms with Gasteiger partial charge < -0.3 is 5.32 Å². The molecule has 1 atom stereocenters. The van der Waals surface area contributed by atoms with Crippen molar-refractivity contribution >= 4 is 69.3 Å². The number of anilines is 2. The lowest BCUT2D eigenvalue weighted by Gasteiger charge is -2.16. The fourth-order valence-electron chi connectivity index (χ4n) is 3.27. The van der Waals surface area contributed by atoms with E-state index in [-0.39, 0.29) is 18.2 Å². The summed E-state index contributed by atoms with van der Waals surface area (Å²) in [6, 6.07) is 24.3. The van der Waals surface area contributed by atoms with Gasteiger partial charge in [-0.05, 0) is 53.3 Å². The Labute approximate surface area is 227 Å².